The summed E-state index contributed by atoms with van der Waals surface area (Å²) in [6.07, 6.45) is 2.41. The molecule has 3 heterocycles. The lowest BCUT2D eigenvalue weighted by molar-refractivity contribution is -0.130. The number of hydrogen-bond acceptors (Lipinski definition) is 6. The predicted octanol–water partition coefficient (Wildman–Crippen LogP) is 1.48. The van der Waals surface area contributed by atoms with Gasteiger partial charge in [0.2, 0.25) is 11.8 Å². The molecular formula is C20H26F2N4O4. The fourth-order valence-corrected chi connectivity index (χ4v) is 3.84. The number of nitrogens with two attached hydrogens (primary N) is 1. The van der Waals surface area contributed by atoms with Gasteiger partial charge in [-0.05, 0) is 37.8 Å². The Balaban J connectivity index is 1.54. The zero-order valence-electron chi connectivity index (χ0n) is 16.8. The molecule has 1 aromatic heterocycles. The number of amides is 2. The van der Waals surface area contributed by atoms with Gasteiger partial charge in [0.15, 0.2) is 0 Å². The molecule has 2 unspecified atom stereocenters. The number of primary amides is 1. The Morgan fingerprint density at radius 3 is 2.70 bits per heavy atom. The van der Waals surface area contributed by atoms with E-state index in [1.54, 1.807) is 6.07 Å². The monoisotopic (exact) mass is 424 g/mol. The summed E-state index contributed by atoms with van der Waals surface area (Å²) in [5, 5.41) is 2.73. The van der Waals surface area contributed by atoms with Crippen molar-refractivity contribution in [1.29, 1.82) is 0 Å². The summed E-state index contributed by atoms with van der Waals surface area (Å²) < 4.78 is 37.9. The van der Waals surface area contributed by atoms with Crippen molar-refractivity contribution in [2.75, 3.05) is 31.2 Å². The van der Waals surface area contributed by atoms with Crippen molar-refractivity contribution in [1.82, 2.24) is 10.3 Å². The number of pyridine rings is 1. The molecule has 2 saturated heterocycles. The highest BCUT2D eigenvalue weighted by molar-refractivity contribution is 5.98. The van der Waals surface area contributed by atoms with Crippen LogP contribution >= 0.6 is 0 Å². The molecule has 1 saturated carbocycles. The number of rotatable bonds is 7. The Labute approximate surface area is 173 Å². The van der Waals surface area contributed by atoms with Crippen LogP contribution in [0, 0.1) is 5.92 Å². The van der Waals surface area contributed by atoms with Gasteiger partial charge in [0.1, 0.15) is 16.9 Å². The number of hydrogen-bond donors (Lipinski definition) is 2. The molecule has 2 atom stereocenters. The Hall–Kier alpha value is -2.49. The predicted molar refractivity (Wildman–Crippen MR) is 104 cm³/mol. The van der Waals surface area contributed by atoms with Gasteiger partial charge in [-0.2, -0.15) is 0 Å². The average Bonchev–Trinajstić information content (AvgIpc) is 3.48. The van der Waals surface area contributed by atoms with E-state index in [2.05, 4.69) is 10.3 Å². The Kier molecular flexibility index (Phi) is 5.29. The van der Waals surface area contributed by atoms with Crippen LogP contribution in [0.4, 0.5) is 14.5 Å². The van der Waals surface area contributed by atoms with Gasteiger partial charge < -0.3 is 25.4 Å². The SMILES string of the molecule is CC1CC(NC(=O)c2ccc(N3CC(F)(F)C3)c(OCC3CC3)n2)(C(N)=O)CCO1. The highest BCUT2D eigenvalue weighted by atomic mass is 19.3. The van der Waals surface area contributed by atoms with E-state index in [1.807, 2.05) is 6.92 Å². The minimum Gasteiger partial charge on any atom is -0.476 e. The molecule has 1 aliphatic carbocycles. The van der Waals surface area contributed by atoms with Crippen LogP contribution in [-0.4, -0.2) is 60.7 Å². The molecule has 10 heteroatoms. The molecule has 164 valence electrons. The van der Waals surface area contributed by atoms with Gasteiger partial charge in [0.25, 0.3) is 11.8 Å². The van der Waals surface area contributed by atoms with Crippen molar-refractivity contribution in [3.63, 3.8) is 0 Å². The van der Waals surface area contributed by atoms with Gasteiger partial charge in [-0.3, -0.25) is 9.59 Å². The largest absolute Gasteiger partial charge is 0.476 e. The molecule has 2 aliphatic heterocycles. The van der Waals surface area contributed by atoms with Crippen LogP contribution in [0.25, 0.3) is 0 Å². The van der Waals surface area contributed by atoms with Gasteiger partial charge >= 0.3 is 0 Å². The molecule has 0 radical (unpaired) electrons. The number of nitrogens with one attached hydrogen (secondary N) is 1. The molecule has 30 heavy (non-hydrogen) atoms. The lowest BCUT2D eigenvalue weighted by atomic mass is 9.86. The zero-order chi connectivity index (χ0) is 21.5. The van der Waals surface area contributed by atoms with E-state index in [0.717, 1.165) is 12.8 Å². The highest BCUT2D eigenvalue weighted by Crippen LogP contribution is 2.38. The van der Waals surface area contributed by atoms with Crippen LogP contribution in [0.1, 0.15) is 43.1 Å². The third-order valence-corrected chi connectivity index (χ3v) is 5.80. The lowest BCUT2D eigenvalue weighted by Crippen LogP contribution is -2.61. The molecule has 0 bridgehead atoms. The average molecular weight is 424 g/mol. The van der Waals surface area contributed by atoms with E-state index < -0.39 is 36.4 Å². The maximum absolute atomic E-state index is 13.3. The number of aromatic nitrogens is 1. The fourth-order valence-electron chi connectivity index (χ4n) is 3.84. The summed E-state index contributed by atoms with van der Waals surface area (Å²) in [7, 11) is 0. The van der Waals surface area contributed by atoms with E-state index >= 15 is 0 Å². The summed E-state index contributed by atoms with van der Waals surface area (Å²) in [4.78, 5) is 30.8. The first-order chi connectivity index (χ1) is 14.2. The molecule has 3 N–H and O–H groups in total. The van der Waals surface area contributed by atoms with Gasteiger partial charge in [-0.1, -0.05) is 0 Å². The Bertz CT molecular complexity index is 840. The lowest BCUT2D eigenvalue weighted by Gasteiger charge is -2.40. The Morgan fingerprint density at radius 1 is 1.37 bits per heavy atom. The number of anilines is 1. The number of carbonyl (C=O) groups is 2. The summed E-state index contributed by atoms with van der Waals surface area (Å²) in [5.41, 5.74) is 4.84. The zero-order valence-corrected chi connectivity index (χ0v) is 16.8. The summed E-state index contributed by atoms with van der Waals surface area (Å²) >= 11 is 0. The fraction of sp³-hybridized carbons (Fsp3) is 0.650. The topological polar surface area (TPSA) is 107 Å². The maximum atomic E-state index is 13.3. The summed E-state index contributed by atoms with van der Waals surface area (Å²) in [6, 6.07) is 3.01. The van der Waals surface area contributed by atoms with Crippen LogP contribution in [-0.2, 0) is 9.53 Å². The third kappa shape index (κ3) is 4.33. The van der Waals surface area contributed by atoms with Crippen molar-refractivity contribution >= 4 is 17.5 Å². The molecule has 4 rings (SSSR count). The molecule has 2 amide bonds. The van der Waals surface area contributed by atoms with Crippen LogP contribution in [0.15, 0.2) is 12.1 Å². The second-order valence-electron chi connectivity index (χ2n) is 8.52. The third-order valence-electron chi connectivity index (χ3n) is 5.80. The standard InChI is InChI=1S/C20H26F2N4O4/c1-12-8-19(18(23)28,6-7-29-12)25-16(27)14-4-5-15(26-10-20(21,22)11-26)17(24-14)30-9-13-2-3-13/h4-5,12-13H,2-3,6-11H2,1H3,(H2,23,28)(H,25,27). The summed E-state index contributed by atoms with van der Waals surface area (Å²) in [5.74, 6) is -3.36. The van der Waals surface area contributed by atoms with Crippen LogP contribution < -0.4 is 20.7 Å². The molecule has 8 nitrogen and oxygen atoms in total. The first kappa shape index (κ1) is 20.8. The second-order valence-corrected chi connectivity index (χ2v) is 8.52. The normalized spacial score (nSPS) is 27.8. The molecule has 0 spiro atoms. The quantitative estimate of drug-likeness (QED) is 0.687. The number of nitrogens with zero attached hydrogens (tertiary/aromatic N) is 2. The number of ether oxygens (including phenoxy) is 2. The van der Waals surface area contributed by atoms with Crippen molar-refractivity contribution in [2.45, 2.75) is 50.2 Å². The van der Waals surface area contributed by atoms with Gasteiger partial charge in [0.05, 0.1) is 25.8 Å². The van der Waals surface area contributed by atoms with Crippen LogP contribution in [0.5, 0.6) is 5.88 Å². The van der Waals surface area contributed by atoms with Crippen molar-refractivity contribution in [3.05, 3.63) is 17.8 Å². The van der Waals surface area contributed by atoms with Crippen molar-refractivity contribution in [2.24, 2.45) is 11.7 Å². The van der Waals surface area contributed by atoms with E-state index in [1.165, 1.54) is 11.0 Å². The molecule has 3 aliphatic rings. The minimum atomic E-state index is -2.74. The minimum absolute atomic E-state index is 0.0385. The van der Waals surface area contributed by atoms with Gasteiger partial charge in [-0.25, -0.2) is 13.8 Å². The van der Waals surface area contributed by atoms with Gasteiger partial charge in [-0.15, -0.1) is 0 Å². The molecule has 0 aromatic carbocycles. The van der Waals surface area contributed by atoms with Crippen molar-refractivity contribution < 1.29 is 27.8 Å². The number of halogens is 2. The number of carbonyl (C=O) groups excluding carboxylic acids is 2. The second kappa shape index (κ2) is 7.64. The van der Waals surface area contributed by atoms with E-state index in [0.29, 0.717) is 24.8 Å². The molecular weight excluding hydrogens is 398 g/mol. The van der Waals surface area contributed by atoms with E-state index in [-0.39, 0.29) is 30.5 Å². The first-order valence-corrected chi connectivity index (χ1v) is 10.2. The van der Waals surface area contributed by atoms with Crippen LogP contribution in [0.2, 0.25) is 0 Å². The smallest absolute Gasteiger partial charge is 0.282 e. The number of alkyl halides is 2. The highest BCUT2D eigenvalue weighted by Gasteiger charge is 2.46. The van der Waals surface area contributed by atoms with E-state index in [9.17, 15) is 18.4 Å². The maximum Gasteiger partial charge on any atom is 0.282 e. The molecule has 3 fully saturated rings. The Morgan fingerprint density at radius 2 is 2.10 bits per heavy atom. The van der Waals surface area contributed by atoms with E-state index in [4.69, 9.17) is 15.2 Å². The van der Waals surface area contributed by atoms with Crippen LogP contribution in [0.3, 0.4) is 0 Å². The summed E-state index contributed by atoms with van der Waals surface area (Å²) in [6.45, 7) is 1.71. The van der Waals surface area contributed by atoms with Crippen molar-refractivity contribution in [3.8, 4) is 5.88 Å². The van der Waals surface area contributed by atoms with Gasteiger partial charge in [0, 0.05) is 19.4 Å². The first-order valence-electron chi connectivity index (χ1n) is 10.2. The molecule has 1 aromatic rings.